The minimum Gasteiger partial charge on any atom is -0.396 e. The maximum absolute atomic E-state index is 12.5. The summed E-state index contributed by atoms with van der Waals surface area (Å²) < 4.78 is 25.6. The van der Waals surface area contributed by atoms with E-state index in [2.05, 4.69) is 5.32 Å². The summed E-state index contributed by atoms with van der Waals surface area (Å²) >= 11 is 0. The van der Waals surface area contributed by atoms with Crippen LogP contribution in [0.1, 0.15) is 15.9 Å². The highest BCUT2D eigenvalue weighted by Gasteiger charge is 2.23. The molecule has 0 aliphatic rings. The van der Waals surface area contributed by atoms with Crippen molar-refractivity contribution < 1.29 is 18.1 Å². The summed E-state index contributed by atoms with van der Waals surface area (Å²) in [5.41, 5.74) is 6.02. The number of nitro benzene ring substituents is 1. The lowest BCUT2D eigenvalue weighted by Gasteiger charge is -2.16. The van der Waals surface area contributed by atoms with E-state index in [0.29, 0.717) is 0 Å². The molecule has 3 N–H and O–H groups in total. The fraction of sp³-hybridized carbons (Fsp3) is 0.188. The fourth-order valence-corrected chi connectivity index (χ4v) is 3.36. The summed E-state index contributed by atoms with van der Waals surface area (Å²) in [5.74, 6) is -0.627. The second-order valence-electron chi connectivity index (χ2n) is 5.67. The predicted octanol–water partition coefficient (Wildman–Crippen LogP) is 1.99. The van der Waals surface area contributed by atoms with Crippen LogP contribution in [0.4, 0.5) is 17.1 Å². The van der Waals surface area contributed by atoms with Crippen molar-refractivity contribution in [1.29, 1.82) is 0 Å². The largest absolute Gasteiger partial charge is 0.396 e. The minimum absolute atomic E-state index is 0.0967. The number of carbonyl (C=O) groups is 1. The number of carbonyl (C=O) groups excluding carboxylic acids is 1. The topological polar surface area (TPSA) is 136 Å². The molecule has 26 heavy (non-hydrogen) atoms. The zero-order valence-corrected chi connectivity index (χ0v) is 15.2. The van der Waals surface area contributed by atoms with Crippen LogP contribution in [0.3, 0.4) is 0 Å². The van der Waals surface area contributed by atoms with E-state index in [9.17, 15) is 23.3 Å². The number of anilines is 2. The SMILES string of the molecule is Cc1c(C(=O)Nc2cccc(S(=O)(=O)N(C)C)c2N)cccc1[N+](=O)[O-]. The van der Waals surface area contributed by atoms with Crippen LogP contribution in [0.15, 0.2) is 41.3 Å². The molecule has 0 heterocycles. The Morgan fingerprint density at radius 1 is 1.19 bits per heavy atom. The molecule has 0 fully saturated rings. The van der Waals surface area contributed by atoms with E-state index in [4.69, 9.17) is 5.73 Å². The summed E-state index contributed by atoms with van der Waals surface area (Å²) in [6.45, 7) is 1.46. The average molecular weight is 378 g/mol. The number of sulfonamides is 1. The summed E-state index contributed by atoms with van der Waals surface area (Å²) in [6, 6.07) is 8.37. The number of nitrogens with two attached hydrogens (primary N) is 1. The summed E-state index contributed by atoms with van der Waals surface area (Å²) in [4.78, 5) is 22.8. The molecule has 2 rings (SSSR count). The summed E-state index contributed by atoms with van der Waals surface area (Å²) in [6.07, 6.45) is 0. The quantitative estimate of drug-likeness (QED) is 0.464. The molecule has 2 aromatic carbocycles. The van der Waals surface area contributed by atoms with E-state index in [1.165, 1.54) is 57.4 Å². The monoisotopic (exact) mass is 378 g/mol. The van der Waals surface area contributed by atoms with Gasteiger partial charge in [0.05, 0.1) is 16.3 Å². The maximum Gasteiger partial charge on any atom is 0.273 e. The van der Waals surface area contributed by atoms with Crippen molar-refractivity contribution in [2.75, 3.05) is 25.1 Å². The molecule has 0 spiro atoms. The van der Waals surface area contributed by atoms with Crippen LogP contribution in [-0.4, -0.2) is 37.6 Å². The van der Waals surface area contributed by atoms with Crippen molar-refractivity contribution in [3.05, 3.63) is 57.6 Å². The highest BCUT2D eigenvalue weighted by Crippen LogP contribution is 2.29. The van der Waals surface area contributed by atoms with Crippen LogP contribution in [0.25, 0.3) is 0 Å². The number of para-hydroxylation sites is 1. The molecule has 1 amide bonds. The Morgan fingerprint density at radius 2 is 1.81 bits per heavy atom. The molecule has 0 saturated heterocycles. The van der Waals surface area contributed by atoms with Crippen molar-refractivity contribution in [3.8, 4) is 0 Å². The fourth-order valence-electron chi connectivity index (χ4n) is 2.33. The van der Waals surface area contributed by atoms with Crippen LogP contribution in [0.5, 0.6) is 0 Å². The van der Waals surface area contributed by atoms with Crippen molar-refractivity contribution >= 4 is 33.0 Å². The molecule has 0 aliphatic carbocycles. The van der Waals surface area contributed by atoms with Crippen molar-refractivity contribution in [3.63, 3.8) is 0 Å². The molecule has 0 aliphatic heterocycles. The zero-order chi connectivity index (χ0) is 19.6. The Hall–Kier alpha value is -2.98. The molecular formula is C16H18N4O5S. The number of benzene rings is 2. The summed E-state index contributed by atoms with van der Waals surface area (Å²) in [5, 5.41) is 13.5. The van der Waals surface area contributed by atoms with Crippen molar-refractivity contribution in [2.45, 2.75) is 11.8 Å². The Kier molecular flexibility index (Phi) is 5.28. The Labute approximate surface area is 150 Å². The predicted molar refractivity (Wildman–Crippen MR) is 97.5 cm³/mol. The standard InChI is InChI=1S/C16H18N4O5S/c1-10-11(6-4-8-13(10)20(22)23)16(21)18-12-7-5-9-14(15(12)17)26(24,25)19(2)3/h4-9H,17H2,1-3H3,(H,18,21). The zero-order valence-electron chi connectivity index (χ0n) is 14.4. The maximum atomic E-state index is 12.5. The molecule has 9 nitrogen and oxygen atoms in total. The van der Waals surface area contributed by atoms with Gasteiger partial charge in [0.25, 0.3) is 11.6 Å². The van der Waals surface area contributed by atoms with Gasteiger partial charge < -0.3 is 11.1 Å². The molecule has 0 saturated carbocycles. The van der Waals surface area contributed by atoms with Gasteiger partial charge in [-0.15, -0.1) is 0 Å². The van der Waals surface area contributed by atoms with Crippen molar-refractivity contribution in [2.24, 2.45) is 0 Å². The summed E-state index contributed by atoms with van der Waals surface area (Å²) in [7, 11) is -1.05. The van der Waals surface area contributed by atoms with E-state index in [-0.39, 0.29) is 33.1 Å². The van der Waals surface area contributed by atoms with Crippen LogP contribution in [0, 0.1) is 17.0 Å². The van der Waals surface area contributed by atoms with Gasteiger partial charge in [-0.1, -0.05) is 12.1 Å². The lowest BCUT2D eigenvalue weighted by Crippen LogP contribution is -2.24. The first-order chi connectivity index (χ1) is 12.1. The molecule has 0 aromatic heterocycles. The van der Waals surface area contributed by atoms with Gasteiger partial charge in [-0.05, 0) is 25.1 Å². The van der Waals surface area contributed by atoms with Gasteiger partial charge in [0, 0.05) is 31.3 Å². The number of rotatable bonds is 5. The number of nitrogen functional groups attached to an aromatic ring is 1. The van der Waals surface area contributed by atoms with Crippen molar-refractivity contribution in [1.82, 2.24) is 4.31 Å². The highest BCUT2D eigenvalue weighted by molar-refractivity contribution is 7.89. The first-order valence-electron chi connectivity index (χ1n) is 7.43. The number of hydrogen-bond acceptors (Lipinski definition) is 6. The Balaban J connectivity index is 2.43. The normalized spacial score (nSPS) is 11.4. The van der Waals surface area contributed by atoms with Gasteiger partial charge in [-0.3, -0.25) is 14.9 Å². The number of nitrogens with one attached hydrogen (secondary N) is 1. The third kappa shape index (κ3) is 3.51. The molecule has 0 bridgehead atoms. The van der Waals surface area contributed by atoms with E-state index >= 15 is 0 Å². The average Bonchev–Trinajstić information content (AvgIpc) is 2.56. The number of amides is 1. The molecule has 0 radical (unpaired) electrons. The van der Waals surface area contributed by atoms with Gasteiger partial charge in [-0.25, -0.2) is 12.7 Å². The lowest BCUT2D eigenvalue weighted by atomic mass is 10.1. The molecule has 138 valence electrons. The lowest BCUT2D eigenvalue weighted by molar-refractivity contribution is -0.385. The van der Waals surface area contributed by atoms with Crippen LogP contribution < -0.4 is 11.1 Å². The van der Waals surface area contributed by atoms with Gasteiger partial charge in [0.15, 0.2) is 0 Å². The minimum atomic E-state index is -3.79. The second-order valence-corrected chi connectivity index (χ2v) is 7.79. The molecular weight excluding hydrogens is 360 g/mol. The molecule has 2 aromatic rings. The van der Waals surface area contributed by atoms with Crippen LogP contribution >= 0.6 is 0 Å². The first-order valence-corrected chi connectivity index (χ1v) is 8.87. The van der Waals surface area contributed by atoms with Gasteiger partial charge in [0.2, 0.25) is 10.0 Å². The first kappa shape index (κ1) is 19.3. The molecule has 10 heteroatoms. The number of nitrogens with zero attached hydrogens (tertiary/aromatic N) is 2. The Bertz CT molecular complexity index is 986. The Morgan fingerprint density at radius 3 is 2.38 bits per heavy atom. The van der Waals surface area contributed by atoms with Gasteiger partial charge in [0.1, 0.15) is 4.90 Å². The molecule has 0 atom stereocenters. The molecule has 0 unspecified atom stereocenters. The van der Waals surface area contributed by atoms with E-state index < -0.39 is 20.9 Å². The van der Waals surface area contributed by atoms with E-state index in [1.807, 2.05) is 0 Å². The van der Waals surface area contributed by atoms with Crippen LogP contribution in [-0.2, 0) is 10.0 Å². The number of hydrogen-bond donors (Lipinski definition) is 2. The van der Waals surface area contributed by atoms with Crippen LogP contribution in [0.2, 0.25) is 0 Å². The van der Waals surface area contributed by atoms with E-state index in [0.717, 1.165) is 4.31 Å². The van der Waals surface area contributed by atoms with Gasteiger partial charge in [-0.2, -0.15) is 0 Å². The third-order valence-corrected chi connectivity index (χ3v) is 5.69. The number of nitro groups is 1. The third-order valence-electron chi connectivity index (χ3n) is 3.82. The van der Waals surface area contributed by atoms with E-state index in [1.54, 1.807) is 0 Å². The highest BCUT2D eigenvalue weighted by atomic mass is 32.2. The second kappa shape index (κ2) is 7.10. The van der Waals surface area contributed by atoms with Gasteiger partial charge >= 0.3 is 0 Å². The smallest absolute Gasteiger partial charge is 0.273 e.